The number of halogens is 1. The molecule has 1 fully saturated rings. The topological polar surface area (TPSA) is 41.6 Å². The lowest BCUT2D eigenvalue weighted by molar-refractivity contribution is 0.103. The number of anilines is 2. The first-order valence-corrected chi connectivity index (χ1v) is 9.57. The molecule has 2 aliphatic rings. The molecule has 0 unspecified atom stereocenters. The van der Waals surface area contributed by atoms with Gasteiger partial charge in [-0.1, -0.05) is 0 Å². The van der Waals surface area contributed by atoms with Crippen molar-refractivity contribution in [3.05, 3.63) is 45.4 Å². The summed E-state index contributed by atoms with van der Waals surface area (Å²) in [6.45, 7) is 2.74. The molecule has 1 aromatic heterocycles. The number of carbonyl (C=O) groups is 1. The Kier molecular flexibility index (Phi) is 4.72. The standard InChI is InChI=1S/C19H21FN2O2S/c20-14-10-15(12-16(11-14)22-5-7-24-8-6-22)21-19(23)18-9-13-3-1-2-4-17(13)25-18/h9-12H,1-8H2,(H,21,23). The van der Waals surface area contributed by atoms with Gasteiger partial charge in [0, 0.05) is 29.3 Å². The Labute approximate surface area is 150 Å². The fourth-order valence-electron chi connectivity index (χ4n) is 3.45. The third kappa shape index (κ3) is 3.70. The minimum atomic E-state index is -0.343. The normalized spacial score (nSPS) is 17.2. The van der Waals surface area contributed by atoms with E-state index in [1.54, 1.807) is 11.3 Å². The minimum Gasteiger partial charge on any atom is -0.378 e. The van der Waals surface area contributed by atoms with Gasteiger partial charge in [-0.15, -0.1) is 11.3 Å². The van der Waals surface area contributed by atoms with Crippen LogP contribution in [-0.4, -0.2) is 32.2 Å². The number of amides is 1. The number of aryl methyl sites for hydroxylation is 2. The Morgan fingerprint density at radius 1 is 1.12 bits per heavy atom. The number of carbonyl (C=O) groups excluding carboxylic acids is 1. The van der Waals surface area contributed by atoms with Crippen molar-refractivity contribution in [3.63, 3.8) is 0 Å². The average molecular weight is 360 g/mol. The zero-order valence-electron chi connectivity index (χ0n) is 14.0. The van der Waals surface area contributed by atoms with Gasteiger partial charge >= 0.3 is 0 Å². The number of hydrogen-bond donors (Lipinski definition) is 1. The zero-order valence-corrected chi connectivity index (χ0v) is 14.8. The average Bonchev–Trinajstić information content (AvgIpc) is 3.06. The summed E-state index contributed by atoms with van der Waals surface area (Å²) in [5.41, 5.74) is 2.58. The molecule has 4 rings (SSSR count). The summed E-state index contributed by atoms with van der Waals surface area (Å²) in [6, 6.07) is 6.71. The second-order valence-electron chi connectivity index (χ2n) is 6.52. The molecule has 1 aromatic carbocycles. The smallest absolute Gasteiger partial charge is 0.265 e. The molecule has 0 radical (unpaired) electrons. The largest absolute Gasteiger partial charge is 0.378 e. The number of benzene rings is 1. The molecule has 132 valence electrons. The molecule has 0 atom stereocenters. The van der Waals surface area contributed by atoms with Crippen molar-refractivity contribution in [2.75, 3.05) is 36.5 Å². The molecular formula is C19H21FN2O2S. The molecule has 1 aliphatic carbocycles. The van der Waals surface area contributed by atoms with E-state index in [2.05, 4.69) is 10.2 Å². The highest BCUT2D eigenvalue weighted by molar-refractivity contribution is 7.14. The van der Waals surface area contributed by atoms with E-state index < -0.39 is 0 Å². The molecule has 2 heterocycles. The lowest BCUT2D eigenvalue weighted by atomic mass is 9.99. The molecule has 25 heavy (non-hydrogen) atoms. The molecule has 1 N–H and O–H groups in total. The molecular weight excluding hydrogens is 339 g/mol. The van der Waals surface area contributed by atoms with Gasteiger partial charge in [-0.3, -0.25) is 4.79 Å². The van der Waals surface area contributed by atoms with Gasteiger partial charge in [0.15, 0.2) is 0 Å². The first kappa shape index (κ1) is 16.5. The molecule has 0 bridgehead atoms. The molecule has 1 aliphatic heterocycles. The van der Waals surface area contributed by atoms with Crippen LogP contribution in [0.25, 0.3) is 0 Å². The van der Waals surface area contributed by atoms with Crippen LogP contribution in [0.1, 0.15) is 33.0 Å². The Morgan fingerprint density at radius 2 is 1.92 bits per heavy atom. The number of ether oxygens (including phenoxy) is 1. The first-order chi connectivity index (χ1) is 12.2. The van der Waals surface area contributed by atoms with Crippen molar-refractivity contribution in [2.45, 2.75) is 25.7 Å². The van der Waals surface area contributed by atoms with Crippen LogP contribution in [0.2, 0.25) is 0 Å². The van der Waals surface area contributed by atoms with Crippen molar-refractivity contribution < 1.29 is 13.9 Å². The first-order valence-electron chi connectivity index (χ1n) is 8.75. The van der Waals surface area contributed by atoms with Crippen molar-refractivity contribution in [2.24, 2.45) is 0 Å². The minimum absolute atomic E-state index is 0.155. The summed E-state index contributed by atoms with van der Waals surface area (Å²) in [5.74, 6) is -0.498. The highest BCUT2D eigenvalue weighted by Gasteiger charge is 2.18. The molecule has 6 heteroatoms. The third-order valence-electron chi connectivity index (χ3n) is 4.74. The summed E-state index contributed by atoms with van der Waals surface area (Å²) in [4.78, 5) is 16.7. The van der Waals surface area contributed by atoms with E-state index in [-0.39, 0.29) is 11.7 Å². The third-order valence-corrected chi connectivity index (χ3v) is 5.97. The van der Waals surface area contributed by atoms with Crippen LogP contribution in [0.3, 0.4) is 0 Å². The number of morpholine rings is 1. The van der Waals surface area contributed by atoms with Gasteiger partial charge in [-0.2, -0.15) is 0 Å². The zero-order chi connectivity index (χ0) is 17.2. The van der Waals surface area contributed by atoms with E-state index >= 15 is 0 Å². The highest BCUT2D eigenvalue weighted by Crippen LogP contribution is 2.30. The summed E-state index contributed by atoms with van der Waals surface area (Å²) in [6.07, 6.45) is 4.51. The van der Waals surface area contributed by atoms with Gasteiger partial charge in [0.1, 0.15) is 5.82 Å². The molecule has 4 nitrogen and oxygen atoms in total. The number of hydrogen-bond acceptors (Lipinski definition) is 4. The quantitative estimate of drug-likeness (QED) is 0.904. The van der Waals surface area contributed by atoms with E-state index in [4.69, 9.17) is 4.74 Å². The van der Waals surface area contributed by atoms with Gasteiger partial charge < -0.3 is 15.0 Å². The van der Waals surface area contributed by atoms with Crippen molar-refractivity contribution >= 4 is 28.6 Å². The van der Waals surface area contributed by atoms with Crippen molar-refractivity contribution in [1.82, 2.24) is 0 Å². The summed E-state index contributed by atoms with van der Waals surface area (Å²) in [7, 11) is 0. The summed E-state index contributed by atoms with van der Waals surface area (Å²) in [5, 5.41) is 2.86. The second-order valence-corrected chi connectivity index (χ2v) is 7.65. The van der Waals surface area contributed by atoms with E-state index in [1.165, 1.54) is 35.4 Å². The van der Waals surface area contributed by atoms with Crippen LogP contribution in [0.4, 0.5) is 15.8 Å². The van der Waals surface area contributed by atoms with Gasteiger partial charge in [0.2, 0.25) is 0 Å². The Bertz CT molecular complexity index is 760. The lowest BCUT2D eigenvalue weighted by Crippen LogP contribution is -2.36. The van der Waals surface area contributed by atoms with E-state index in [9.17, 15) is 9.18 Å². The number of nitrogens with zero attached hydrogens (tertiary/aromatic N) is 1. The van der Waals surface area contributed by atoms with Gasteiger partial charge in [-0.05, 0) is 55.5 Å². The van der Waals surface area contributed by atoms with Crippen LogP contribution >= 0.6 is 11.3 Å². The molecule has 0 spiro atoms. The summed E-state index contributed by atoms with van der Waals surface area (Å²) >= 11 is 1.57. The Balaban J connectivity index is 1.52. The van der Waals surface area contributed by atoms with Crippen LogP contribution in [0.5, 0.6) is 0 Å². The number of thiophene rings is 1. The Morgan fingerprint density at radius 3 is 2.72 bits per heavy atom. The Hall–Kier alpha value is -1.92. The maximum atomic E-state index is 14.0. The molecule has 0 saturated carbocycles. The predicted octanol–water partition coefficient (Wildman–Crippen LogP) is 3.85. The molecule has 1 amide bonds. The van der Waals surface area contributed by atoms with Crippen molar-refractivity contribution in [1.29, 1.82) is 0 Å². The maximum Gasteiger partial charge on any atom is 0.265 e. The van der Waals surface area contributed by atoms with Gasteiger partial charge in [0.25, 0.3) is 5.91 Å². The van der Waals surface area contributed by atoms with Crippen LogP contribution in [0.15, 0.2) is 24.3 Å². The number of fused-ring (bicyclic) bond motifs is 1. The predicted molar refractivity (Wildman–Crippen MR) is 98.3 cm³/mol. The van der Waals surface area contributed by atoms with E-state index in [0.717, 1.165) is 31.6 Å². The second kappa shape index (κ2) is 7.14. The van der Waals surface area contributed by atoms with Crippen LogP contribution in [-0.2, 0) is 17.6 Å². The lowest BCUT2D eigenvalue weighted by Gasteiger charge is -2.29. The van der Waals surface area contributed by atoms with E-state index in [1.807, 2.05) is 12.1 Å². The molecule has 1 saturated heterocycles. The fraction of sp³-hybridized carbons (Fsp3) is 0.421. The van der Waals surface area contributed by atoms with Gasteiger partial charge in [0.05, 0.1) is 18.1 Å². The van der Waals surface area contributed by atoms with E-state index in [0.29, 0.717) is 23.8 Å². The summed E-state index contributed by atoms with van der Waals surface area (Å²) < 4.78 is 19.4. The highest BCUT2D eigenvalue weighted by atomic mass is 32.1. The number of rotatable bonds is 3. The van der Waals surface area contributed by atoms with Crippen LogP contribution < -0.4 is 10.2 Å². The van der Waals surface area contributed by atoms with Crippen molar-refractivity contribution in [3.8, 4) is 0 Å². The molecule has 2 aromatic rings. The monoisotopic (exact) mass is 360 g/mol. The van der Waals surface area contributed by atoms with Crippen LogP contribution in [0, 0.1) is 5.82 Å². The number of nitrogens with one attached hydrogen (secondary N) is 1. The SMILES string of the molecule is O=C(Nc1cc(F)cc(N2CCOCC2)c1)c1cc2c(s1)CCCC2. The maximum absolute atomic E-state index is 14.0. The fourth-order valence-corrected chi connectivity index (χ4v) is 4.59. The van der Waals surface area contributed by atoms with Gasteiger partial charge in [-0.25, -0.2) is 4.39 Å².